The van der Waals surface area contributed by atoms with E-state index in [-0.39, 0.29) is 5.91 Å². The first-order valence-electron chi connectivity index (χ1n) is 7.75. The van der Waals surface area contributed by atoms with E-state index >= 15 is 0 Å². The normalized spacial score (nSPS) is 16.2. The Bertz CT molecular complexity index is 657. The van der Waals surface area contributed by atoms with Gasteiger partial charge in [0.1, 0.15) is 11.3 Å². The zero-order chi connectivity index (χ0) is 15.5. The average Bonchev–Trinajstić information content (AvgIpc) is 2.97. The van der Waals surface area contributed by atoms with Gasteiger partial charge in [0, 0.05) is 43.2 Å². The summed E-state index contributed by atoms with van der Waals surface area (Å²) >= 11 is 0. The molecule has 1 aliphatic heterocycles. The number of carbonyl (C=O) groups is 1. The van der Waals surface area contributed by atoms with Crippen molar-refractivity contribution >= 4 is 16.9 Å². The van der Waals surface area contributed by atoms with Gasteiger partial charge < -0.3 is 19.0 Å². The van der Waals surface area contributed by atoms with Crippen LogP contribution in [0.2, 0.25) is 0 Å². The van der Waals surface area contributed by atoms with Gasteiger partial charge in [-0.15, -0.1) is 0 Å². The molecule has 0 unspecified atom stereocenters. The number of benzene rings is 1. The summed E-state index contributed by atoms with van der Waals surface area (Å²) in [5.74, 6) is 0.935. The number of nitrogens with zero attached hydrogens (tertiary/aromatic N) is 2. The van der Waals surface area contributed by atoms with Crippen molar-refractivity contribution in [2.24, 2.45) is 0 Å². The van der Waals surface area contributed by atoms with Gasteiger partial charge in [-0.05, 0) is 18.7 Å². The summed E-state index contributed by atoms with van der Waals surface area (Å²) in [7, 11) is 1.63. The number of hydrogen-bond donors (Lipinski definition) is 0. The molecule has 1 fully saturated rings. The number of piperazine rings is 1. The summed E-state index contributed by atoms with van der Waals surface area (Å²) in [4.78, 5) is 16.8. The first-order chi connectivity index (χ1) is 10.7. The predicted octanol–water partition coefficient (Wildman–Crippen LogP) is 2.15. The summed E-state index contributed by atoms with van der Waals surface area (Å²) in [5, 5.41) is 0.987. The highest BCUT2D eigenvalue weighted by atomic mass is 16.5. The number of hydrogen-bond acceptors (Lipinski definition) is 4. The van der Waals surface area contributed by atoms with Crippen LogP contribution >= 0.6 is 0 Å². The second kappa shape index (κ2) is 6.40. The van der Waals surface area contributed by atoms with Crippen molar-refractivity contribution in [3.63, 3.8) is 0 Å². The lowest BCUT2D eigenvalue weighted by Gasteiger charge is -2.34. The number of ether oxygens (including phenoxy) is 1. The van der Waals surface area contributed by atoms with E-state index in [0.717, 1.165) is 55.0 Å². The fourth-order valence-corrected chi connectivity index (χ4v) is 2.92. The Kier molecular flexibility index (Phi) is 4.34. The minimum atomic E-state index is 0.175. The quantitative estimate of drug-likeness (QED) is 0.868. The van der Waals surface area contributed by atoms with E-state index in [1.54, 1.807) is 13.4 Å². The highest BCUT2D eigenvalue weighted by Crippen LogP contribution is 2.26. The highest BCUT2D eigenvalue weighted by Gasteiger charge is 2.21. The van der Waals surface area contributed by atoms with Gasteiger partial charge in [-0.25, -0.2) is 0 Å². The van der Waals surface area contributed by atoms with Crippen LogP contribution in [0.25, 0.3) is 11.0 Å². The summed E-state index contributed by atoms with van der Waals surface area (Å²) in [6.45, 7) is 6.77. The molecule has 0 N–H and O–H groups in total. The molecule has 2 aromatic rings. The Balaban J connectivity index is 1.69. The van der Waals surface area contributed by atoms with Crippen LogP contribution in [0.5, 0.6) is 5.75 Å². The fourth-order valence-electron chi connectivity index (χ4n) is 2.92. The van der Waals surface area contributed by atoms with Crippen LogP contribution in [-0.2, 0) is 11.2 Å². The molecule has 118 valence electrons. The lowest BCUT2D eigenvalue weighted by molar-refractivity contribution is -0.132. The molecular formula is C17H22N2O3. The van der Waals surface area contributed by atoms with Crippen molar-refractivity contribution in [2.75, 3.05) is 39.8 Å². The molecule has 0 atom stereocenters. The number of rotatable bonds is 4. The van der Waals surface area contributed by atoms with Crippen molar-refractivity contribution < 1.29 is 13.9 Å². The Morgan fingerprint density at radius 3 is 2.73 bits per heavy atom. The van der Waals surface area contributed by atoms with Gasteiger partial charge in [0.05, 0.1) is 19.8 Å². The molecule has 0 bridgehead atoms. The van der Waals surface area contributed by atoms with Crippen molar-refractivity contribution in [1.82, 2.24) is 9.80 Å². The second-order valence-corrected chi connectivity index (χ2v) is 5.61. The molecule has 0 radical (unpaired) electrons. The topological polar surface area (TPSA) is 45.9 Å². The van der Waals surface area contributed by atoms with E-state index in [1.807, 2.05) is 23.1 Å². The SMILES string of the molecule is CCN1CCN(C(=O)Cc2coc3cc(OC)ccc23)CC1. The highest BCUT2D eigenvalue weighted by molar-refractivity contribution is 5.88. The van der Waals surface area contributed by atoms with Crippen LogP contribution in [0.3, 0.4) is 0 Å². The molecule has 0 spiro atoms. The van der Waals surface area contributed by atoms with Crippen molar-refractivity contribution in [1.29, 1.82) is 0 Å². The monoisotopic (exact) mass is 302 g/mol. The minimum Gasteiger partial charge on any atom is -0.497 e. The lowest BCUT2D eigenvalue weighted by atomic mass is 10.1. The van der Waals surface area contributed by atoms with Crippen LogP contribution in [0.4, 0.5) is 0 Å². The van der Waals surface area contributed by atoms with E-state index in [0.29, 0.717) is 6.42 Å². The molecule has 2 heterocycles. The molecule has 5 heteroatoms. The number of carbonyl (C=O) groups excluding carboxylic acids is 1. The van der Waals surface area contributed by atoms with Crippen LogP contribution in [0.15, 0.2) is 28.9 Å². The Hall–Kier alpha value is -2.01. The zero-order valence-corrected chi connectivity index (χ0v) is 13.2. The number of likely N-dealkylation sites (N-methyl/N-ethyl adjacent to an activating group) is 1. The van der Waals surface area contributed by atoms with E-state index in [9.17, 15) is 4.79 Å². The summed E-state index contributed by atoms with van der Waals surface area (Å²) in [6, 6.07) is 5.70. The summed E-state index contributed by atoms with van der Waals surface area (Å²) in [5.41, 5.74) is 1.71. The molecule has 22 heavy (non-hydrogen) atoms. The molecule has 1 amide bonds. The second-order valence-electron chi connectivity index (χ2n) is 5.61. The molecular weight excluding hydrogens is 280 g/mol. The first-order valence-corrected chi connectivity index (χ1v) is 7.75. The number of methoxy groups -OCH3 is 1. The van der Waals surface area contributed by atoms with Gasteiger partial charge in [-0.3, -0.25) is 4.79 Å². The van der Waals surface area contributed by atoms with Crippen molar-refractivity contribution in [2.45, 2.75) is 13.3 Å². The van der Waals surface area contributed by atoms with E-state index < -0.39 is 0 Å². The number of fused-ring (bicyclic) bond motifs is 1. The van der Waals surface area contributed by atoms with Crippen molar-refractivity contribution in [3.8, 4) is 5.75 Å². The Labute approximate surface area is 130 Å². The Morgan fingerprint density at radius 2 is 2.05 bits per heavy atom. The molecule has 0 saturated carbocycles. The summed E-state index contributed by atoms with van der Waals surface area (Å²) < 4.78 is 10.7. The standard InChI is InChI=1S/C17H22N2O3/c1-3-18-6-8-19(9-7-18)17(20)10-13-12-22-16-11-14(21-2)4-5-15(13)16/h4-5,11-12H,3,6-10H2,1-2H3. The van der Waals surface area contributed by atoms with Gasteiger partial charge in [-0.2, -0.15) is 0 Å². The maximum Gasteiger partial charge on any atom is 0.227 e. The summed E-state index contributed by atoms with van der Waals surface area (Å²) in [6.07, 6.45) is 2.08. The number of furan rings is 1. The van der Waals surface area contributed by atoms with E-state index in [1.165, 1.54) is 0 Å². The van der Waals surface area contributed by atoms with Gasteiger partial charge in [0.15, 0.2) is 0 Å². The molecule has 3 rings (SSSR count). The predicted molar refractivity (Wildman–Crippen MR) is 85.2 cm³/mol. The van der Waals surface area contributed by atoms with Crippen LogP contribution in [0.1, 0.15) is 12.5 Å². The van der Waals surface area contributed by atoms with E-state index in [4.69, 9.17) is 9.15 Å². The third-order valence-corrected chi connectivity index (χ3v) is 4.38. The zero-order valence-electron chi connectivity index (χ0n) is 13.2. The fraction of sp³-hybridized carbons (Fsp3) is 0.471. The third kappa shape index (κ3) is 2.95. The van der Waals surface area contributed by atoms with Crippen LogP contribution < -0.4 is 4.74 Å². The van der Waals surface area contributed by atoms with Gasteiger partial charge >= 0.3 is 0 Å². The lowest BCUT2D eigenvalue weighted by Crippen LogP contribution is -2.48. The molecule has 1 aromatic carbocycles. The Morgan fingerprint density at radius 1 is 1.27 bits per heavy atom. The largest absolute Gasteiger partial charge is 0.497 e. The van der Waals surface area contributed by atoms with Crippen LogP contribution in [0, 0.1) is 0 Å². The molecule has 0 aliphatic carbocycles. The molecule has 1 saturated heterocycles. The first kappa shape index (κ1) is 14.9. The minimum absolute atomic E-state index is 0.175. The molecule has 1 aliphatic rings. The number of amides is 1. The van der Waals surface area contributed by atoms with E-state index in [2.05, 4.69) is 11.8 Å². The maximum atomic E-state index is 12.5. The van der Waals surface area contributed by atoms with Crippen molar-refractivity contribution in [3.05, 3.63) is 30.0 Å². The average molecular weight is 302 g/mol. The van der Waals surface area contributed by atoms with Gasteiger partial charge in [-0.1, -0.05) is 6.92 Å². The maximum absolute atomic E-state index is 12.5. The van der Waals surface area contributed by atoms with Gasteiger partial charge in [0.2, 0.25) is 5.91 Å². The van der Waals surface area contributed by atoms with Crippen LogP contribution in [-0.4, -0.2) is 55.5 Å². The van der Waals surface area contributed by atoms with Gasteiger partial charge in [0.25, 0.3) is 0 Å². The molecule has 5 nitrogen and oxygen atoms in total. The smallest absolute Gasteiger partial charge is 0.227 e. The third-order valence-electron chi connectivity index (χ3n) is 4.38. The molecule has 1 aromatic heterocycles.